The number of nitrogens with one attached hydrogen (secondary N) is 2. The molecule has 9 heteroatoms. The van der Waals surface area contributed by atoms with E-state index in [4.69, 9.17) is 8.85 Å². The molecular weight excluding hydrogens is 430 g/mol. The summed E-state index contributed by atoms with van der Waals surface area (Å²) in [4.78, 5) is 23.5. The predicted molar refractivity (Wildman–Crippen MR) is 129 cm³/mol. The zero-order valence-corrected chi connectivity index (χ0v) is 18.6. The van der Waals surface area contributed by atoms with Gasteiger partial charge >= 0.3 is 0 Å². The third-order valence-electron chi connectivity index (χ3n) is 6.51. The zero-order chi connectivity index (χ0) is 25.7. The van der Waals surface area contributed by atoms with Gasteiger partial charge in [0.1, 0.15) is 17.8 Å². The van der Waals surface area contributed by atoms with E-state index in [9.17, 15) is 4.79 Å². The number of pyridine rings is 2. The number of fused-ring (bicyclic) bond motifs is 2. The lowest BCUT2D eigenvalue weighted by Crippen LogP contribution is -2.34. The van der Waals surface area contributed by atoms with Crippen molar-refractivity contribution >= 4 is 34.1 Å². The molecule has 9 nitrogen and oxygen atoms in total. The van der Waals surface area contributed by atoms with Crippen LogP contribution in [0.4, 0.5) is 17.3 Å². The Bertz CT molecular complexity index is 1460. The lowest BCUT2D eigenvalue weighted by Gasteiger charge is -2.31. The number of carbonyl (C=O) groups excluding carboxylic acids is 1. The molecule has 0 unspecified atom stereocenters. The summed E-state index contributed by atoms with van der Waals surface area (Å²) in [5.74, 6) is 7.50. The topological polar surface area (TPSA) is 105 Å². The first kappa shape index (κ1) is 17.5. The molecule has 2 N–H and O–H groups in total. The maximum absolute atomic E-state index is 12.4. The highest BCUT2D eigenvalue weighted by molar-refractivity contribution is 5.97. The van der Waals surface area contributed by atoms with Gasteiger partial charge in [-0.2, -0.15) is 0 Å². The van der Waals surface area contributed by atoms with Crippen molar-refractivity contribution in [1.82, 2.24) is 20.2 Å². The highest BCUT2D eigenvalue weighted by Crippen LogP contribution is 2.39. The third-order valence-corrected chi connectivity index (χ3v) is 6.51. The van der Waals surface area contributed by atoms with Gasteiger partial charge in [0.25, 0.3) is 0 Å². The van der Waals surface area contributed by atoms with Crippen LogP contribution in [0.1, 0.15) is 41.6 Å². The number of hydrogen-bond acceptors (Lipinski definition) is 8. The first-order chi connectivity index (χ1) is 17.7. The Balaban J connectivity index is 1.36. The fourth-order valence-corrected chi connectivity index (χ4v) is 4.30. The van der Waals surface area contributed by atoms with Crippen LogP contribution in [0.5, 0.6) is 5.75 Å². The van der Waals surface area contributed by atoms with E-state index in [1.54, 1.807) is 12.3 Å². The molecule has 1 aliphatic heterocycles. The molecule has 2 fully saturated rings. The van der Waals surface area contributed by atoms with Crippen molar-refractivity contribution in [2.75, 3.05) is 35.7 Å². The fourth-order valence-electron chi connectivity index (χ4n) is 4.30. The van der Waals surface area contributed by atoms with Crippen molar-refractivity contribution in [2.45, 2.75) is 32.2 Å². The summed E-state index contributed by atoms with van der Waals surface area (Å²) in [6.45, 7) is 1.04. The SMILES string of the molecule is [2H]C([2H])([2H])Nc1ncc(C#Cc2cc3c(cn2)OCCN3C2CC2)c2cc(NC(=O)[C@H]3C[C@H]3C)nnc12. The largest absolute Gasteiger partial charge is 0.488 e. The molecule has 3 aliphatic rings. The number of carbonyl (C=O) groups is 1. The van der Waals surface area contributed by atoms with Gasteiger partial charge in [0, 0.05) is 34.6 Å². The molecule has 34 heavy (non-hydrogen) atoms. The normalized spacial score (nSPS) is 22.3. The smallest absolute Gasteiger partial charge is 0.228 e. The average Bonchev–Trinajstić information content (AvgIpc) is 3.79. The minimum atomic E-state index is -2.47. The van der Waals surface area contributed by atoms with Gasteiger partial charge < -0.3 is 20.3 Å². The highest BCUT2D eigenvalue weighted by Gasteiger charge is 2.39. The Kier molecular flexibility index (Phi) is 4.19. The summed E-state index contributed by atoms with van der Waals surface area (Å²) in [5, 5.41) is 14.0. The molecule has 2 saturated carbocycles. The number of anilines is 3. The van der Waals surface area contributed by atoms with Gasteiger partial charge in [0.2, 0.25) is 5.91 Å². The molecule has 2 atom stereocenters. The number of amides is 1. The van der Waals surface area contributed by atoms with Crippen LogP contribution in [0.3, 0.4) is 0 Å². The Morgan fingerprint density at radius 2 is 2.12 bits per heavy atom. The first-order valence-corrected chi connectivity index (χ1v) is 11.4. The molecule has 0 saturated heterocycles. The molecule has 6 rings (SSSR count). The molecule has 0 bridgehead atoms. The highest BCUT2D eigenvalue weighted by atomic mass is 16.5. The second-order valence-corrected chi connectivity index (χ2v) is 9.01. The van der Waals surface area contributed by atoms with E-state index in [-0.39, 0.29) is 29.0 Å². The first-order valence-electron chi connectivity index (χ1n) is 12.9. The third kappa shape index (κ3) is 3.85. The molecule has 172 valence electrons. The van der Waals surface area contributed by atoms with Crippen LogP contribution in [0.2, 0.25) is 0 Å². The van der Waals surface area contributed by atoms with Crippen molar-refractivity contribution in [3.63, 3.8) is 0 Å². The number of ether oxygens (including phenoxy) is 1. The van der Waals surface area contributed by atoms with Crippen LogP contribution in [0.25, 0.3) is 10.9 Å². The quantitative estimate of drug-likeness (QED) is 0.575. The fraction of sp³-hybridized carbons (Fsp3) is 0.400. The van der Waals surface area contributed by atoms with Gasteiger partial charge in [-0.15, -0.1) is 10.2 Å². The number of rotatable bonds is 4. The van der Waals surface area contributed by atoms with Crippen molar-refractivity contribution in [3.05, 3.63) is 35.8 Å². The van der Waals surface area contributed by atoms with Crippen LogP contribution < -0.4 is 20.3 Å². The van der Waals surface area contributed by atoms with Gasteiger partial charge in [-0.05, 0) is 43.2 Å². The Morgan fingerprint density at radius 1 is 1.24 bits per heavy atom. The maximum Gasteiger partial charge on any atom is 0.228 e. The summed E-state index contributed by atoms with van der Waals surface area (Å²) >= 11 is 0. The van der Waals surface area contributed by atoms with E-state index in [1.165, 1.54) is 19.0 Å². The van der Waals surface area contributed by atoms with Crippen LogP contribution in [0, 0.1) is 23.7 Å². The standard InChI is InChI=1S/C25H25N7O2/c1-14-9-18(14)25(33)29-22-11-19-15(12-28-24(26-2)23(19)31-30-22)3-4-16-10-20-21(13-27-16)34-8-7-32(20)17-5-6-17/h10-14,17-18H,5-9H2,1-2H3,(H,26,28)(H,29,30,33)/t14-,18+/m1/s1/i2D3. The van der Waals surface area contributed by atoms with Crippen LogP contribution in [-0.2, 0) is 4.79 Å². The van der Waals surface area contributed by atoms with E-state index < -0.39 is 6.98 Å². The molecular formula is C25H25N7O2. The lowest BCUT2D eigenvalue weighted by atomic mass is 10.1. The van der Waals surface area contributed by atoms with E-state index >= 15 is 0 Å². The molecule has 1 amide bonds. The minimum absolute atomic E-state index is 0.0312. The van der Waals surface area contributed by atoms with Gasteiger partial charge in [0.15, 0.2) is 17.4 Å². The Morgan fingerprint density at radius 3 is 2.91 bits per heavy atom. The summed E-state index contributed by atoms with van der Waals surface area (Å²) in [7, 11) is 0. The van der Waals surface area contributed by atoms with Crippen molar-refractivity contribution in [2.24, 2.45) is 11.8 Å². The average molecular weight is 459 g/mol. The van der Waals surface area contributed by atoms with Gasteiger partial charge in [-0.1, -0.05) is 12.8 Å². The van der Waals surface area contributed by atoms with Crippen LogP contribution in [-0.4, -0.2) is 52.2 Å². The summed E-state index contributed by atoms with van der Waals surface area (Å²) in [6, 6.07) is 4.12. The molecule has 0 aromatic carbocycles. The van der Waals surface area contributed by atoms with E-state index in [2.05, 4.69) is 47.5 Å². The monoisotopic (exact) mass is 458 g/mol. The number of nitrogens with zero attached hydrogens (tertiary/aromatic N) is 5. The second-order valence-electron chi connectivity index (χ2n) is 9.01. The summed E-state index contributed by atoms with van der Waals surface area (Å²) in [6.07, 6.45) is 6.38. The lowest BCUT2D eigenvalue weighted by molar-refractivity contribution is -0.117. The zero-order valence-electron chi connectivity index (χ0n) is 21.6. The van der Waals surface area contributed by atoms with Crippen LogP contribution >= 0.6 is 0 Å². The van der Waals surface area contributed by atoms with E-state index in [0.717, 1.165) is 24.4 Å². The summed E-state index contributed by atoms with van der Waals surface area (Å²) in [5.41, 5.74) is 2.32. The van der Waals surface area contributed by atoms with E-state index in [1.807, 2.05) is 13.0 Å². The minimum Gasteiger partial charge on any atom is -0.488 e. The van der Waals surface area contributed by atoms with Gasteiger partial charge in [-0.3, -0.25) is 4.79 Å². The molecule has 0 spiro atoms. The van der Waals surface area contributed by atoms with Crippen molar-refractivity contribution in [1.29, 1.82) is 0 Å². The molecule has 0 radical (unpaired) electrons. The molecule has 3 aromatic rings. The Hall–Kier alpha value is -3.93. The summed E-state index contributed by atoms with van der Waals surface area (Å²) < 4.78 is 28.4. The van der Waals surface area contributed by atoms with Gasteiger partial charge in [0.05, 0.1) is 24.0 Å². The van der Waals surface area contributed by atoms with Crippen molar-refractivity contribution < 1.29 is 13.6 Å². The van der Waals surface area contributed by atoms with Crippen molar-refractivity contribution in [3.8, 4) is 17.6 Å². The Labute approximate surface area is 201 Å². The molecule has 2 aliphatic carbocycles. The van der Waals surface area contributed by atoms with Gasteiger partial charge in [-0.25, -0.2) is 9.97 Å². The molecule has 3 aromatic heterocycles. The number of aromatic nitrogens is 4. The molecule has 4 heterocycles. The van der Waals surface area contributed by atoms with Crippen LogP contribution in [0.15, 0.2) is 24.5 Å². The van der Waals surface area contributed by atoms with E-state index in [0.29, 0.717) is 35.2 Å². The second kappa shape index (κ2) is 8.13. The maximum atomic E-state index is 12.4. The number of hydrogen-bond donors (Lipinski definition) is 2. The predicted octanol–water partition coefficient (Wildman–Crippen LogP) is 2.82.